The summed E-state index contributed by atoms with van der Waals surface area (Å²) in [6.07, 6.45) is 1.65. The number of anilines is 1. The first-order chi connectivity index (χ1) is 13.5. The van der Waals surface area contributed by atoms with Gasteiger partial charge in [0.25, 0.3) is 10.0 Å². The topological polar surface area (TPSA) is 92.7 Å². The van der Waals surface area contributed by atoms with Crippen LogP contribution in [0.15, 0.2) is 76.7 Å². The van der Waals surface area contributed by atoms with Crippen LogP contribution in [-0.2, 0) is 16.6 Å². The number of halogens is 1. The number of rotatable bonds is 4. The zero-order valence-electron chi connectivity index (χ0n) is 14.5. The molecule has 142 valence electrons. The van der Waals surface area contributed by atoms with E-state index in [0.717, 1.165) is 0 Å². The molecule has 0 spiro atoms. The molecular weight excluding hydrogens is 400 g/mol. The molecule has 2 aromatic carbocycles. The molecule has 4 rings (SSSR count). The third-order valence-electron chi connectivity index (χ3n) is 3.93. The fourth-order valence-corrected chi connectivity index (χ4v) is 3.97. The van der Waals surface area contributed by atoms with E-state index in [1.54, 1.807) is 54.7 Å². The van der Waals surface area contributed by atoms with Crippen molar-refractivity contribution in [1.82, 2.24) is 9.71 Å². The summed E-state index contributed by atoms with van der Waals surface area (Å²) in [6.45, 7) is 0.217. The first-order valence-electron chi connectivity index (χ1n) is 8.32. The van der Waals surface area contributed by atoms with Crippen molar-refractivity contribution in [2.24, 2.45) is 4.99 Å². The molecule has 1 aromatic heterocycles. The lowest BCUT2D eigenvalue weighted by Crippen LogP contribution is -2.40. The summed E-state index contributed by atoms with van der Waals surface area (Å²) in [5.41, 5.74) is 1.00. The number of aromatic nitrogens is 1. The molecule has 0 radical (unpaired) electrons. The molecule has 0 atom stereocenters. The first-order valence-corrected chi connectivity index (χ1v) is 10.2. The lowest BCUT2D eigenvalue weighted by Gasteiger charge is -2.23. The average Bonchev–Trinajstić information content (AvgIpc) is 2.69. The zero-order chi connectivity index (χ0) is 19.6. The zero-order valence-corrected chi connectivity index (χ0v) is 16.0. The highest BCUT2D eigenvalue weighted by atomic mass is 35.5. The standard InChI is InChI=1S/C19H15ClN4O3S/c20-14-7-1-2-8-15(14)27-16-9-5-10-17-18(16)23-19(24-28(17,25)26)22-12-13-6-3-4-11-21-13/h1-11H,12H2,(H2,22,23,24). The average molecular weight is 415 g/mol. The number of fused-ring (bicyclic) bond motifs is 1. The quantitative estimate of drug-likeness (QED) is 0.677. The Morgan fingerprint density at radius 1 is 1.00 bits per heavy atom. The summed E-state index contributed by atoms with van der Waals surface area (Å²) in [4.78, 5) is 8.52. The van der Waals surface area contributed by atoms with Crippen molar-refractivity contribution in [1.29, 1.82) is 0 Å². The first kappa shape index (κ1) is 18.3. The van der Waals surface area contributed by atoms with E-state index in [0.29, 0.717) is 27.9 Å². The van der Waals surface area contributed by atoms with Crippen LogP contribution in [0, 0.1) is 0 Å². The third-order valence-corrected chi connectivity index (χ3v) is 5.63. The third kappa shape index (κ3) is 3.78. The van der Waals surface area contributed by atoms with Gasteiger partial charge in [0.15, 0.2) is 5.75 Å². The second-order valence-electron chi connectivity index (χ2n) is 5.88. The SMILES string of the molecule is O=S1(=O)NC(=NCc2ccccn2)Nc2c(Oc3ccccc3Cl)cccc21. The van der Waals surface area contributed by atoms with Crippen LogP contribution in [0.3, 0.4) is 0 Å². The molecule has 3 aromatic rings. The Labute approximate surface area is 167 Å². The Morgan fingerprint density at radius 2 is 1.79 bits per heavy atom. The smallest absolute Gasteiger partial charge is 0.266 e. The van der Waals surface area contributed by atoms with Crippen LogP contribution in [-0.4, -0.2) is 19.4 Å². The maximum atomic E-state index is 12.6. The lowest BCUT2D eigenvalue weighted by molar-refractivity contribution is 0.483. The van der Waals surface area contributed by atoms with Crippen LogP contribution in [0.5, 0.6) is 11.5 Å². The highest BCUT2D eigenvalue weighted by Crippen LogP contribution is 2.38. The van der Waals surface area contributed by atoms with Crippen LogP contribution < -0.4 is 14.8 Å². The number of nitrogens with zero attached hydrogens (tertiary/aromatic N) is 2. The number of aliphatic imine (C=N–C) groups is 1. The maximum Gasteiger partial charge on any atom is 0.266 e. The van der Waals surface area contributed by atoms with E-state index in [2.05, 4.69) is 20.0 Å². The molecule has 0 bridgehead atoms. The highest BCUT2D eigenvalue weighted by molar-refractivity contribution is 7.90. The van der Waals surface area contributed by atoms with E-state index < -0.39 is 10.0 Å². The van der Waals surface area contributed by atoms with E-state index in [-0.39, 0.29) is 17.4 Å². The molecule has 0 fully saturated rings. The minimum Gasteiger partial charge on any atom is -0.454 e. The molecule has 0 aliphatic carbocycles. The van der Waals surface area contributed by atoms with E-state index in [9.17, 15) is 8.42 Å². The van der Waals surface area contributed by atoms with Gasteiger partial charge in [-0.1, -0.05) is 35.9 Å². The van der Waals surface area contributed by atoms with Gasteiger partial charge in [-0.15, -0.1) is 0 Å². The molecule has 2 heterocycles. The van der Waals surface area contributed by atoms with Gasteiger partial charge in [0.05, 0.1) is 17.3 Å². The van der Waals surface area contributed by atoms with Crippen LogP contribution in [0.1, 0.15) is 5.69 Å². The minimum absolute atomic E-state index is 0.0637. The monoisotopic (exact) mass is 414 g/mol. The maximum absolute atomic E-state index is 12.6. The van der Waals surface area contributed by atoms with Gasteiger partial charge in [-0.25, -0.2) is 18.1 Å². The molecule has 1 aliphatic heterocycles. The number of para-hydroxylation sites is 2. The molecule has 0 saturated heterocycles. The number of sulfonamides is 1. The number of nitrogens with one attached hydrogen (secondary N) is 2. The Morgan fingerprint density at radius 3 is 2.57 bits per heavy atom. The highest BCUT2D eigenvalue weighted by Gasteiger charge is 2.29. The molecule has 7 nitrogen and oxygen atoms in total. The van der Waals surface area contributed by atoms with Gasteiger partial charge in [0.2, 0.25) is 5.96 Å². The molecule has 28 heavy (non-hydrogen) atoms. The van der Waals surface area contributed by atoms with Gasteiger partial charge in [-0.3, -0.25) is 4.98 Å². The number of hydrogen-bond acceptors (Lipinski definition) is 5. The Hall–Kier alpha value is -3.10. The van der Waals surface area contributed by atoms with E-state index in [1.165, 1.54) is 6.07 Å². The molecule has 0 amide bonds. The summed E-state index contributed by atoms with van der Waals surface area (Å²) in [7, 11) is -3.80. The van der Waals surface area contributed by atoms with Crippen molar-refractivity contribution in [2.45, 2.75) is 11.4 Å². The van der Waals surface area contributed by atoms with Gasteiger partial charge in [0.1, 0.15) is 16.3 Å². The predicted octanol–water partition coefficient (Wildman–Crippen LogP) is 3.79. The molecule has 9 heteroatoms. The largest absolute Gasteiger partial charge is 0.454 e. The van der Waals surface area contributed by atoms with E-state index in [4.69, 9.17) is 16.3 Å². The van der Waals surface area contributed by atoms with Gasteiger partial charge >= 0.3 is 0 Å². The van der Waals surface area contributed by atoms with Crippen LogP contribution >= 0.6 is 11.6 Å². The summed E-state index contributed by atoms with van der Waals surface area (Å²) in [6, 6.07) is 17.1. The number of hydrogen-bond donors (Lipinski definition) is 2. The van der Waals surface area contributed by atoms with Crippen molar-refractivity contribution in [3.05, 3.63) is 77.6 Å². The minimum atomic E-state index is -3.80. The number of guanidine groups is 1. The Balaban J connectivity index is 1.69. The summed E-state index contributed by atoms with van der Waals surface area (Å²) < 4.78 is 33.6. The fourth-order valence-electron chi connectivity index (χ4n) is 2.64. The van der Waals surface area contributed by atoms with E-state index in [1.807, 2.05) is 6.07 Å². The number of benzene rings is 2. The van der Waals surface area contributed by atoms with Gasteiger partial charge < -0.3 is 10.1 Å². The van der Waals surface area contributed by atoms with Crippen molar-refractivity contribution in [2.75, 3.05) is 5.32 Å². The molecule has 2 N–H and O–H groups in total. The van der Waals surface area contributed by atoms with Crippen molar-refractivity contribution in [3.63, 3.8) is 0 Å². The summed E-state index contributed by atoms with van der Waals surface area (Å²) in [5.74, 6) is 0.830. The number of pyridine rings is 1. The molecular formula is C19H15ClN4O3S. The van der Waals surface area contributed by atoms with Gasteiger partial charge in [-0.2, -0.15) is 0 Å². The summed E-state index contributed by atoms with van der Waals surface area (Å²) in [5, 5.41) is 3.41. The number of ether oxygens (including phenoxy) is 1. The van der Waals surface area contributed by atoms with Crippen LogP contribution in [0.4, 0.5) is 5.69 Å². The lowest BCUT2D eigenvalue weighted by atomic mass is 10.2. The van der Waals surface area contributed by atoms with E-state index >= 15 is 0 Å². The molecule has 1 aliphatic rings. The van der Waals surface area contributed by atoms with Crippen LogP contribution in [0.25, 0.3) is 0 Å². The van der Waals surface area contributed by atoms with Gasteiger partial charge in [0, 0.05) is 6.20 Å². The van der Waals surface area contributed by atoms with Crippen molar-refractivity contribution in [3.8, 4) is 11.5 Å². The predicted molar refractivity (Wildman–Crippen MR) is 107 cm³/mol. The van der Waals surface area contributed by atoms with Gasteiger partial charge in [-0.05, 0) is 36.4 Å². The molecule has 0 saturated carbocycles. The summed E-state index contributed by atoms with van der Waals surface area (Å²) >= 11 is 6.15. The normalized spacial score (nSPS) is 16.0. The fraction of sp³-hybridized carbons (Fsp3) is 0.0526. The van der Waals surface area contributed by atoms with Crippen molar-refractivity contribution >= 4 is 33.3 Å². The molecule has 0 unspecified atom stereocenters. The van der Waals surface area contributed by atoms with Crippen molar-refractivity contribution < 1.29 is 13.2 Å². The second-order valence-corrected chi connectivity index (χ2v) is 7.94. The van der Waals surface area contributed by atoms with Crippen LogP contribution in [0.2, 0.25) is 5.02 Å². The second kappa shape index (κ2) is 7.49. The Bertz CT molecular complexity index is 1150. The Kier molecular flexibility index (Phi) is 4.89.